The molecular weight excluding hydrogens is 446 g/mol. The van der Waals surface area contributed by atoms with Crippen molar-refractivity contribution >= 4 is 17.7 Å². The Labute approximate surface area is 202 Å². The van der Waals surface area contributed by atoms with Crippen LogP contribution in [0.15, 0.2) is 48.5 Å². The molecule has 2 aromatic carbocycles. The standard InChI is InChI=1S/C27H25N3O5/c1-16-12-20(17(2)30(16)19-9-10-23-24(13-19)35-15-34-23)22(31)14-29-25(32)27(28-26(29)33)11-5-7-18-6-3-4-8-21(18)27/h3-4,6,8-10,12-13H,5,7,11,14-15H2,1-2H3,(H,28,33)/t27-/m0/s1. The Kier molecular flexibility index (Phi) is 4.74. The summed E-state index contributed by atoms with van der Waals surface area (Å²) in [5.41, 5.74) is 3.72. The van der Waals surface area contributed by atoms with Gasteiger partial charge in [0, 0.05) is 28.7 Å². The van der Waals surface area contributed by atoms with Gasteiger partial charge in [-0.15, -0.1) is 0 Å². The molecule has 3 heterocycles. The zero-order chi connectivity index (χ0) is 24.3. The number of fused-ring (bicyclic) bond motifs is 3. The predicted molar refractivity (Wildman–Crippen MR) is 127 cm³/mol. The van der Waals surface area contributed by atoms with Crippen LogP contribution in [0.2, 0.25) is 0 Å². The number of ether oxygens (including phenoxy) is 2. The average molecular weight is 472 g/mol. The third-order valence-electron chi connectivity index (χ3n) is 7.30. The number of amides is 3. The van der Waals surface area contributed by atoms with Gasteiger partial charge in [-0.1, -0.05) is 24.3 Å². The van der Waals surface area contributed by atoms with Crippen molar-refractivity contribution in [2.75, 3.05) is 13.3 Å². The van der Waals surface area contributed by atoms with Gasteiger partial charge in [0.2, 0.25) is 6.79 Å². The van der Waals surface area contributed by atoms with E-state index < -0.39 is 11.6 Å². The number of benzene rings is 2. The van der Waals surface area contributed by atoms with E-state index >= 15 is 0 Å². The van der Waals surface area contributed by atoms with Gasteiger partial charge in [0.15, 0.2) is 17.3 Å². The maximum atomic E-state index is 13.6. The van der Waals surface area contributed by atoms with Gasteiger partial charge in [-0.3, -0.25) is 14.5 Å². The van der Waals surface area contributed by atoms with E-state index in [0.29, 0.717) is 23.5 Å². The first-order chi connectivity index (χ1) is 16.9. The molecule has 178 valence electrons. The van der Waals surface area contributed by atoms with Crippen molar-refractivity contribution in [3.05, 3.63) is 76.6 Å². The first kappa shape index (κ1) is 21.5. The van der Waals surface area contributed by atoms with Crippen molar-refractivity contribution < 1.29 is 23.9 Å². The highest BCUT2D eigenvalue weighted by atomic mass is 16.7. The number of hydrogen-bond acceptors (Lipinski definition) is 5. The van der Waals surface area contributed by atoms with Gasteiger partial charge in [0.05, 0.1) is 6.54 Å². The summed E-state index contributed by atoms with van der Waals surface area (Å²) >= 11 is 0. The highest BCUT2D eigenvalue weighted by Crippen LogP contribution is 2.40. The SMILES string of the molecule is Cc1cc(C(=O)CN2C(=O)N[C@]3(CCCc4ccccc43)C2=O)c(C)n1-c1ccc2c(c1)OCO2. The fourth-order valence-electron chi connectivity index (χ4n) is 5.65. The van der Waals surface area contributed by atoms with Crippen LogP contribution in [0.25, 0.3) is 5.69 Å². The van der Waals surface area contributed by atoms with Crippen LogP contribution in [0.1, 0.15) is 45.7 Å². The van der Waals surface area contributed by atoms with E-state index in [9.17, 15) is 14.4 Å². The van der Waals surface area contributed by atoms with Gasteiger partial charge in [0.1, 0.15) is 5.54 Å². The summed E-state index contributed by atoms with van der Waals surface area (Å²) in [6, 6.07) is 14.6. The summed E-state index contributed by atoms with van der Waals surface area (Å²) < 4.78 is 12.9. The molecule has 3 amide bonds. The number of urea groups is 1. The lowest BCUT2D eigenvalue weighted by molar-refractivity contribution is -0.131. The van der Waals surface area contributed by atoms with Crippen molar-refractivity contribution in [1.29, 1.82) is 0 Å². The van der Waals surface area contributed by atoms with E-state index in [4.69, 9.17) is 9.47 Å². The van der Waals surface area contributed by atoms with Gasteiger partial charge in [0.25, 0.3) is 5.91 Å². The van der Waals surface area contributed by atoms with Gasteiger partial charge < -0.3 is 19.4 Å². The van der Waals surface area contributed by atoms with Crippen LogP contribution in [0.5, 0.6) is 11.5 Å². The van der Waals surface area contributed by atoms with Crippen molar-refractivity contribution in [2.45, 2.75) is 38.6 Å². The molecule has 1 spiro atoms. The van der Waals surface area contributed by atoms with E-state index in [-0.39, 0.29) is 25.0 Å². The Hall–Kier alpha value is -4.07. The van der Waals surface area contributed by atoms with Crippen LogP contribution in [0.4, 0.5) is 4.79 Å². The Morgan fingerprint density at radius 3 is 2.71 bits per heavy atom. The minimum Gasteiger partial charge on any atom is -0.454 e. The van der Waals surface area contributed by atoms with Crippen LogP contribution < -0.4 is 14.8 Å². The summed E-state index contributed by atoms with van der Waals surface area (Å²) in [4.78, 5) is 40.9. The largest absolute Gasteiger partial charge is 0.454 e. The molecule has 1 atom stereocenters. The first-order valence-electron chi connectivity index (χ1n) is 11.7. The van der Waals surface area contributed by atoms with E-state index in [1.54, 1.807) is 6.07 Å². The molecule has 1 fully saturated rings. The molecule has 1 aliphatic carbocycles. The second-order valence-corrected chi connectivity index (χ2v) is 9.32. The number of carbonyl (C=O) groups is 3. The number of Topliss-reactive ketones (excluding diaryl/α,β-unsaturated/α-hetero) is 1. The summed E-state index contributed by atoms with van der Waals surface area (Å²) in [7, 11) is 0. The van der Waals surface area contributed by atoms with E-state index in [1.165, 1.54) is 0 Å². The topological polar surface area (TPSA) is 89.9 Å². The van der Waals surface area contributed by atoms with Crippen molar-refractivity contribution in [2.24, 2.45) is 0 Å². The Morgan fingerprint density at radius 1 is 1.06 bits per heavy atom. The third-order valence-corrected chi connectivity index (χ3v) is 7.30. The molecule has 0 radical (unpaired) electrons. The minimum absolute atomic E-state index is 0.185. The lowest BCUT2D eigenvalue weighted by atomic mass is 9.76. The molecular formula is C27H25N3O5. The fourth-order valence-corrected chi connectivity index (χ4v) is 5.65. The highest BCUT2D eigenvalue weighted by molar-refractivity contribution is 6.12. The maximum Gasteiger partial charge on any atom is 0.325 e. The minimum atomic E-state index is -1.09. The Balaban J connectivity index is 1.29. The van der Waals surface area contributed by atoms with Gasteiger partial charge in [-0.05, 0) is 62.4 Å². The number of aryl methyl sites for hydroxylation is 2. The first-order valence-corrected chi connectivity index (χ1v) is 11.7. The molecule has 0 unspecified atom stereocenters. The maximum absolute atomic E-state index is 13.6. The van der Waals surface area contributed by atoms with Crippen molar-refractivity contribution in [3.63, 3.8) is 0 Å². The molecule has 0 saturated carbocycles. The number of hydrogen-bond donors (Lipinski definition) is 1. The van der Waals surface area contributed by atoms with E-state index in [2.05, 4.69) is 5.32 Å². The molecule has 8 heteroatoms. The molecule has 6 rings (SSSR count). The highest BCUT2D eigenvalue weighted by Gasteiger charge is 2.54. The molecule has 1 aromatic heterocycles. The number of carbonyl (C=O) groups excluding carboxylic acids is 3. The van der Waals surface area contributed by atoms with Crippen molar-refractivity contribution in [3.8, 4) is 17.2 Å². The zero-order valence-corrected chi connectivity index (χ0v) is 19.6. The average Bonchev–Trinajstić information content (AvgIpc) is 3.50. The molecule has 2 aliphatic heterocycles. The molecule has 0 bridgehead atoms. The lowest BCUT2D eigenvalue weighted by Gasteiger charge is -2.33. The molecule has 35 heavy (non-hydrogen) atoms. The molecule has 8 nitrogen and oxygen atoms in total. The normalized spacial score (nSPS) is 20.3. The van der Waals surface area contributed by atoms with Crippen LogP contribution in [-0.4, -0.2) is 40.5 Å². The second-order valence-electron chi connectivity index (χ2n) is 9.32. The van der Waals surface area contributed by atoms with Gasteiger partial charge >= 0.3 is 6.03 Å². The second kappa shape index (κ2) is 7.73. The Bertz CT molecular complexity index is 1410. The Morgan fingerprint density at radius 2 is 1.86 bits per heavy atom. The molecule has 3 aromatic rings. The number of aromatic nitrogens is 1. The molecule has 1 N–H and O–H groups in total. The summed E-state index contributed by atoms with van der Waals surface area (Å²) in [5.74, 6) is 0.701. The summed E-state index contributed by atoms with van der Waals surface area (Å²) in [6.45, 7) is 3.65. The number of imide groups is 1. The van der Waals surface area contributed by atoms with Crippen molar-refractivity contribution in [1.82, 2.24) is 14.8 Å². The van der Waals surface area contributed by atoms with E-state index in [1.807, 2.05) is 60.9 Å². The monoisotopic (exact) mass is 471 g/mol. The van der Waals surface area contributed by atoms with E-state index in [0.717, 1.165) is 45.9 Å². The lowest BCUT2D eigenvalue weighted by Crippen LogP contribution is -2.46. The van der Waals surface area contributed by atoms with Crippen LogP contribution in [-0.2, 0) is 16.8 Å². The fraction of sp³-hybridized carbons (Fsp3) is 0.296. The number of ketones is 1. The van der Waals surface area contributed by atoms with Crippen LogP contribution in [0.3, 0.4) is 0 Å². The number of nitrogens with zero attached hydrogens (tertiary/aromatic N) is 2. The quantitative estimate of drug-likeness (QED) is 0.462. The smallest absolute Gasteiger partial charge is 0.325 e. The zero-order valence-electron chi connectivity index (χ0n) is 19.6. The van der Waals surface area contributed by atoms with Gasteiger partial charge in [-0.25, -0.2) is 4.79 Å². The molecule has 1 saturated heterocycles. The predicted octanol–water partition coefficient (Wildman–Crippen LogP) is 3.79. The van der Waals surface area contributed by atoms with Crippen LogP contribution >= 0.6 is 0 Å². The van der Waals surface area contributed by atoms with Crippen LogP contribution in [0, 0.1) is 13.8 Å². The summed E-state index contributed by atoms with van der Waals surface area (Å²) in [6.07, 6.45) is 2.19. The third kappa shape index (κ3) is 3.16. The summed E-state index contributed by atoms with van der Waals surface area (Å²) in [5, 5.41) is 2.92. The number of rotatable bonds is 4. The number of nitrogens with one attached hydrogen (secondary N) is 1. The van der Waals surface area contributed by atoms with Gasteiger partial charge in [-0.2, -0.15) is 0 Å². The molecule has 3 aliphatic rings.